The molecule has 1 aromatic rings. The number of alkyl halides is 1. The number of benzene rings is 1. The van der Waals surface area contributed by atoms with Crippen molar-refractivity contribution in [2.75, 3.05) is 0 Å². The normalized spacial score (nSPS) is 28.5. The molecule has 1 fully saturated rings. The van der Waals surface area contributed by atoms with Crippen LogP contribution in [0.5, 0.6) is 0 Å². The third-order valence-electron chi connectivity index (χ3n) is 1.99. The third kappa shape index (κ3) is 1.67. The summed E-state index contributed by atoms with van der Waals surface area (Å²) in [5.74, 6) is 0.757. The lowest BCUT2D eigenvalue weighted by atomic mass is 10.1. The maximum Gasteiger partial charge on any atom is 0.0221 e. The van der Waals surface area contributed by atoms with Crippen molar-refractivity contribution in [3.05, 3.63) is 34.3 Å². The van der Waals surface area contributed by atoms with Crippen LogP contribution in [0.1, 0.15) is 17.9 Å². The molecule has 0 aromatic heterocycles. The summed E-state index contributed by atoms with van der Waals surface area (Å²) in [6.45, 7) is 0. The van der Waals surface area contributed by atoms with Crippen LogP contribution in [0.2, 0.25) is 0 Å². The van der Waals surface area contributed by atoms with E-state index in [0.29, 0.717) is 0 Å². The fourth-order valence-corrected chi connectivity index (χ4v) is 2.37. The molecule has 0 amide bonds. The molecule has 2 atom stereocenters. The summed E-state index contributed by atoms with van der Waals surface area (Å²) in [6, 6.07) is 8.55. The van der Waals surface area contributed by atoms with Crippen molar-refractivity contribution in [2.24, 2.45) is 0 Å². The molecule has 0 saturated heterocycles. The van der Waals surface area contributed by atoms with E-state index in [-0.39, 0.29) is 0 Å². The molecular weight excluding hydrogens is 268 g/mol. The fourth-order valence-electron chi connectivity index (χ4n) is 1.25. The van der Waals surface area contributed by atoms with Crippen LogP contribution in [-0.4, -0.2) is 4.83 Å². The van der Waals surface area contributed by atoms with Gasteiger partial charge in [0.15, 0.2) is 0 Å². The van der Waals surface area contributed by atoms with E-state index in [9.17, 15) is 0 Å². The van der Waals surface area contributed by atoms with Crippen LogP contribution in [0.25, 0.3) is 0 Å². The Morgan fingerprint density at radius 1 is 1.36 bits per heavy atom. The van der Waals surface area contributed by atoms with E-state index in [2.05, 4.69) is 56.1 Å². The lowest BCUT2D eigenvalue weighted by molar-refractivity contribution is 1.14. The highest BCUT2D eigenvalue weighted by atomic mass is 79.9. The summed E-state index contributed by atoms with van der Waals surface area (Å²) >= 11 is 7.06. The van der Waals surface area contributed by atoms with Crippen molar-refractivity contribution < 1.29 is 0 Å². The first-order chi connectivity index (χ1) is 5.27. The van der Waals surface area contributed by atoms with Gasteiger partial charge in [-0.2, -0.15) is 0 Å². The van der Waals surface area contributed by atoms with Gasteiger partial charge in [-0.05, 0) is 30.0 Å². The molecule has 2 rings (SSSR count). The first-order valence-corrected chi connectivity index (χ1v) is 5.38. The van der Waals surface area contributed by atoms with Gasteiger partial charge < -0.3 is 0 Å². The Bertz CT molecular complexity index is 270. The van der Waals surface area contributed by atoms with Crippen LogP contribution in [0.15, 0.2) is 28.7 Å². The monoisotopic (exact) mass is 274 g/mol. The molecule has 0 radical (unpaired) electrons. The molecular formula is C9H8Br2. The van der Waals surface area contributed by atoms with E-state index in [1.165, 1.54) is 16.5 Å². The molecule has 1 aliphatic rings. The largest absolute Gasteiger partial charge is 0.0884 e. The van der Waals surface area contributed by atoms with Crippen LogP contribution in [-0.2, 0) is 0 Å². The van der Waals surface area contributed by atoms with E-state index in [1.54, 1.807) is 0 Å². The molecule has 0 N–H and O–H groups in total. The summed E-state index contributed by atoms with van der Waals surface area (Å²) < 4.78 is 1.18. The first kappa shape index (κ1) is 7.81. The first-order valence-electron chi connectivity index (χ1n) is 3.67. The van der Waals surface area contributed by atoms with Crippen LogP contribution in [0.3, 0.4) is 0 Å². The predicted molar refractivity (Wildman–Crippen MR) is 54.2 cm³/mol. The zero-order valence-electron chi connectivity index (χ0n) is 5.93. The Morgan fingerprint density at radius 2 is 2.09 bits per heavy atom. The molecule has 0 unspecified atom stereocenters. The van der Waals surface area contributed by atoms with Crippen molar-refractivity contribution >= 4 is 31.9 Å². The van der Waals surface area contributed by atoms with Gasteiger partial charge in [-0.15, -0.1) is 0 Å². The quantitative estimate of drug-likeness (QED) is 0.686. The minimum atomic E-state index is 0.719. The van der Waals surface area contributed by atoms with Crippen LogP contribution in [0.4, 0.5) is 0 Å². The number of hydrogen-bond donors (Lipinski definition) is 0. The summed E-state index contributed by atoms with van der Waals surface area (Å²) in [6.07, 6.45) is 1.29. The summed E-state index contributed by atoms with van der Waals surface area (Å²) in [5, 5.41) is 0. The number of halogens is 2. The molecule has 0 spiro atoms. The second kappa shape index (κ2) is 2.91. The fraction of sp³-hybridized carbons (Fsp3) is 0.333. The van der Waals surface area contributed by atoms with E-state index in [4.69, 9.17) is 0 Å². The lowest BCUT2D eigenvalue weighted by Gasteiger charge is -1.97. The van der Waals surface area contributed by atoms with Gasteiger partial charge in [0.05, 0.1) is 0 Å². The maximum absolute atomic E-state index is 3.59. The SMILES string of the molecule is Brc1cccc([C@@H]2C[C@H]2Br)c1. The minimum Gasteiger partial charge on any atom is -0.0884 e. The third-order valence-corrected chi connectivity index (χ3v) is 3.49. The lowest BCUT2D eigenvalue weighted by Crippen LogP contribution is -1.80. The highest BCUT2D eigenvalue weighted by Crippen LogP contribution is 2.46. The van der Waals surface area contributed by atoms with Crippen molar-refractivity contribution in [1.29, 1.82) is 0 Å². The van der Waals surface area contributed by atoms with Crippen molar-refractivity contribution in [3.8, 4) is 0 Å². The standard InChI is InChI=1S/C9H8Br2/c10-7-3-1-2-6(4-7)8-5-9(8)11/h1-4,8-9H,5H2/t8-,9+/m0/s1. The van der Waals surface area contributed by atoms with Gasteiger partial charge in [0, 0.05) is 9.30 Å². The second-order valence-electron chi connectivity index (χ2n) is 2.91. The molecule has 58 valence electrons. The summed E-state index contributed by atoms with van der Waals surface area (Å²) in [4.78, 5) is 0.719. The zero-order valence-corrected chi connectivity index (χ0v) is 9.10. The molecule has 0 nitrogen and oxygen atoms in total. The Balaban J connectivity index is 2.25. The highest BCUT2D eigenvalue weighted by Gasteiger charge is 2.35. The minimum absolute atomic E-state index is 0.719. The van der Waals surface area contributed by atoms with Crippen LogP contribution >= 0.6 is 31.9 Å². The van der Waals surface area contributed by atoms with Crippen LogP contribution in [0, 0.1) is 0 Å². The van der Waals surface area contributed by atoms with E-state index in [0.717, 1.165) is 10.7 Å². The van der Waals surface area contributed by atoms with Crippen LogP contribution < -0.4 is 0 Å². The molecule has 1 aromatic carbocycles. The van der Waals surface area contributed by atoms with Gasteiger partial charge >= 0.3 is 0 Å². The van der Waals surface area contributed by atoms with E-state index >= 15 is 0 Å². The molecule has 11 heavy (non-hydrogen) atoms. The number of hydrogen-bond acceptors (Lipinski definition) is 0. The highest BCUT2D eigenvalue weighted by molar-refractivity contribution is 9.10. The summed E-state index contributed by atoms with van der Waals surface area (Å²) in [7, 11) is 0. The van der Waals surface area contributed by atoms with Gasteiger partial charge in [0.25, 0.3) is 0 Å². The molecule has 1 aliphatic carbocycles. The van der Waals surface area contributed by atoms with Gasteiger partial charge in [-0.1, -0.05) is 44.0 Å². The molecule has 0 aliphatic heterocycles. The van der Waals surface area contributed by atoms with Gasteiger partial charge in [-0.3, -0.25) is 0 Å². The smallest absolute Gasteiger partial charge is 0.0221 e. The van der Waals surface area contributed by atoms with Gasteiger partial charge in [0.2, 0.25) is 0 Å². The Hall–Kier alpha value is 0.180. The van der Waals surface area contributed by atoms with Crippen molar-refractivity contribution in [3.63, 3.8) is 0 Å². The predicted octanol–water partition coefficient (Wildman–Crippen LogP) is 3.70. The molecule has 0 bridgehead atoms. The molecule has 2 heteroatoms. The van der Waals surface area contributed by atoms with Crippen molar-refractivity contribution in [2.45, 2.75) is 17.2 Å². The summed E-state index contributed by atoms with van der Waals surface area (Å²) in [5.41, 5.74) is 1.45. The maximum atomic E-state index is 3.59. The topological polar surface area (TPSA) is 0 Å². The Morgan fingerprint density at radius 3 is 2.64 bits per heavy atom. The van der Waals surface area contributed by atoms with Gasteiger partial charge in [0.1, 0.15) is 0 Å². The average Bonchev–Trinajstić information content (AvgIpc) is 2.67. The second-order valence-corrected chi connectivity index (χ2v) is 5.01. The molecule has 1 saturated carbocycles. The van der Waals surface area contributed by atoms with E-state index in [1.807, 2.05) is 0 Å². The average molecular weight is 276 g/mol. The molecule has 0 heterocycles. The van der Waals surface area contributed by atoms with Gasteiger partial charge in [-0.25, -0.2) is 0 Å². The zero-order chi connectivity index (χ0) is 7.84. The Labute approximate surface area is 83.3 Å². The Kier molecular flexibility index (Phi) is 2.06. The van der Waals surface area contributed by atoms with E-state index < -0.39 is 0 Å². The number of rotatable bonds is 1. The van der Waals surface area contributed by atoms with Crippen molar-refractivity contribution in [1.82, 2.24) is 0 Å².